The van der Waals surface area contributed by atoms with Crippen LogP contribution < -0.4 is 10.6 Å². The third kappa shape index (κ3) is 4.66. The van der Waals surface area contributed by atoms with Gasteiger partial charge in [-0.05, 0) is 37.7 Å². The largest absolute Gasteiger partial charge is 0.350 e. The predicted molar refractivity (Wildman–Crippen MR) is 79.9 cm³/mol. The monoisotopic (exact) mass is 277 g/mol. The lowest BCUT2D eigenvalue weighted by atomic mass is 10.1. The molecule has 5 nitrogen and oxygen atoms in total. The molecule has 0 aromatic heterocycles. The van der Waals surface area contributed by atoms with E-state index in [4.69, 9.17) is 0 Å². The van der Waals surface area contributed by atoms with Crippen molar-refractivity contribution in [3.63, 3.8) is 0 Å². The van der Waals surface area contributed by atoms with Gasteiger partial charge in [-0.15, -0.1) is 0 Å². The van der Waals surface area contributed by atoms with Crippen molar-refractivity contribution < 1.29 is 9.59 Å². The van der Waals surface area contributed by atoms with E-state index >= 15 is 0 Å². The molecule has 110 valence electrons. The zero-order chi connectivity index (χ0) is 15.1. The number of hydrogen-bond acceptors (Lipinski definition) is 3. The van der Waals surface area contributed by atoms with E-state index in [1.807, 2.05) is 13.8 Å². The van der Waals surface area contributed by atoms with E-state index in [1.54, 1.807) is 38.4 Å². The number of rotatable bonds is 6. The van der Waals surface area contributed by atoms with Crippen LogP contribution in [-0.2, 0) is 0 Å². The van der Waals surface area contributed by atoms with Crippen LogP contribution in [0.5, 0.6) is 0 Å². The summed E-state index contributed by atoms with van der Waals surface area (Å²) in [4.78, 5) is 25.2. The minimum Gasteiger partial charge on any atom is -0.350 e. The average Bonchev–Trinajstić information content (AvgIpc) is 2.44. The average molecular weight is 277 g/mol. The Morgan fingerprint density at radius 2 is 1.70 bits per heavy atom. The van der Waals surface area contributed by atoms with Crippen molar-refractivity contribution in [3.05, 3.63) is 35.4 Å². The molecule has 0 bridgehead atoms. The van der Waals surface area contributed by atoms with Gasteiger partial charge >= 0.3 is 0 Å². The van der Waals surface area contributed by atoms with Crippen LogP contribution in [0.2, 0.25) is 0 Å². The summed E-state index contributed by atoms with van der Waals surface area (Å²) < 4.78 is 0. The minimum atomic E-state index is -0.126. The summed E-state index contributed by atoms with van der Waals surface area (Å²) in [6, 6.07) is 6.92. The van der Waals surface area contributed by atoms with Crippen molar-refractivity contribution >= 4 is 11.8 Å². The van der Waals surface area contributed by atoms with Crippen molar-refractivity contribution in [3.8, 4) is 0 Å². The Morgan fingerprint density at radius 1 is 1.15 bits per heavy atom. The fourth-order valence-electron chi connectivity index (χ4n) is 1.79. The topological polar surface area (TPSA) is 61.4 Å². The first kappa shape index (κ1) is 16.2. The smallest absolute Gasteiger partial charge is 0.253 e. The number of nitrogens with zero attached hydrogens (tertiary/aromatic N) is 1. The lowest BCUT2D eigenvalue weighted by Gasteiger charge is -2.13. The molecule has 2 N–H and O–H groups in total. The summed E-state index contributed by atoms with van der Waals surface area (Å²) in [5, 5.41) is 6.08. The van der Waals surface area contributed by atoms with Gasteiger partial charge in [0.15, 0.2) is 0 Å². The molecule has 0 aliphatic heterocycles. The second kappa shape index (κ2) is 7.65. The van der Waals surface area contributed by atoms with E-state index in [-0.39, 0.29) is 17.9 Å². The first-order valence-electron chi connectivity index (χ1n) is 6.79. The number of carbonyl (C=O) groups excluding carboxylic acids is 2. The van der Waals surface area contributed by atoms with Crippen LogP contribution in [0.3, 0.4) is 0 Å². The highest BCUT2D eigenvalue weighted by Crippen LogP contribution is 2.06. The van der Waals surface area contributed by atoms with Gasteiger partial charge in [-0.25, -0.2) is 0 Å². The maximum atomic E-state index is 11.9. The Hall–Kier alpha value is -1.88. The molecule has 0 unspecified atom stereocenters. The van der Waals surface area contributed by atoms with Crippen molar-refractivity contribution in [2.45, 2.75) is 19.9 Å². The highest BCUT2D eigenvalue weighted by molar-refractivity contribution is 5.97. The van der Waals surface area contributed by atoms with Crippen LogP contribution in [0.4, 0.5) is 0 Å². The molecular formula is C15H23N3O2. The van der Waals surface area contributed by atoms with Crippen molar-refractivity contribution in [1.29, 1.82) is 0 Å². The summed E-state index contributed by atoms with van der Waals surface area (Å²) in [6.45, 7) is 5.49. The first-order chi connectivity index (χ1) is 9.45. The maximum Gasteiger partial charge on any atom is 0.253 e. The number of carbonyl (C=O) groups is 2. The zero-order valence-electron chi connectivity index (χ0n) is 12.6. The molecule has 0 fully saturated rings. The Labute approximate surface area is 120 Å². The molecule has 5 heteroatoms. The molecule has 2 amide bonds. The zero-order valence-corrected chi connectivity index (χ0v) is 12.6. The van der Waals surface area contributed by atoms with Gasteiger partial charge in [0, 0.05) is 37.8 Å². The Bertz CT molecular complexity index is 455. The van der Waals surface area contributed by atoms with Crippen molar-refractivity contribution in [2.75, 3.05) is 27.2 Å². The van der Waals surface area contributed by atoms with Gasteiger partial charge in [-0.2, -0.15) is 0 Å². The van der Waals surface area contributed by atoms with E-state index in [9.17, 15) is 9.59 Å². The number of amides is 2. The van der Waals surface area contributed by atoms with Crippen LogP contribution in [0.15, 0.2) is 24.3 Å². The molecule has 1 aromatic carbocycles. The summed E-state index contributed by atoms with van der Waals surface area (Å²) in [6.07, 6.45) is 0. The highest BCUT2D eigenvalue weighted by Gasteiger charge is 2.10. The number of likely N-dealkylation sites (N-methyl/N-ethyl adjacent to an activating group) is 1. The second-order valence-electron chi connectivity index (χ2n) is 4.95. The first-order valence-corrected chi connectivity index (χ1v) is 6.79. The summed E-state index contributed by atoms with van der Waals surface area (Å²) >= 11 is 0. The minimum absolute atomic E-state index is 0.0715. The molecule has 1 rings (SSSR count). The summed E-state index contributed by atoms with van der Waals surface area (Å²) in [5.74, 6) is -0.198. The fraction of sp³-hybridized carbons (Fsp3) is 0.467. The molecule has 0 radical (unpaired) electrons. The third-order valence-electron chi connectivity index (χ3n) is 2.92. The second-order valence-corrected chi connectivity index (χ2v) is 4.95. The van der Waals surface area contributed by atoms with Crippen LogP contribution in [0.1, 0.15) is 34.6 Å². The van der Waals surface area contributed by atoms with E-state index in [0.717, 1.165) is 6.54 Å². The van der Waals surface area contributed by atoms with Gasteiger partial charge < -0.3 is 15.5 Å². The molecule has 20 heavy (non-hydrogen) atoms. The van der Waals surface area contributed by atoms with Gasteiger partial charge in [-0.1, -0.05) is 6.92 Å². The number of hydrogen-bond donors (Lipinski definition) is 2. The van der Waals surface area contributed by atoms with Crippen LogP contribution in [-0.4, -0.2) is 49.9 Å². The SMILES string of the molecule is CCN[C@H](C)CNC(=O)c1ccc(C(=O)N(C)C)cc1. The predicted octanol–water partition coefficient (Wildman–Crippen LogP) is 1.12. The molecule has 0 spiro atoms. The molecule has 0 aliphatic carbocycles. The third-order valence-corrected chi connectivity index (χ3v) is 2.92. The lowest BCUT2D eigenvalue weighted by Crippen LogP contribution is -2.38. The molecule has 0 heterocycles. The van der Waals surface area contributed by atoms with Crippen LogP contribution in [0, 0.1) is 0 Å². The van der Waals surface area contributed by atoms with Crippen LogP contribution >= 0.6 is 0 Å². The van der Waals surface area contributed by atoms with E-state index in [1.165, 1.54) is 4.90 Å². The number of benzene rings is 1. The molecular weight excluding hydrogens is 254 g/mol. The Balaban J connectivity index is 2.60. The molecule has 0 saturated carbocycles. The quantitative estimate of drug-likeness (QED) is 0.819. The van der Waals surface area contributed by atoms with E-state index in [2.05, 4.69) is 10.6 Å². The standard InChI is InChI=1S/C15H23N3O2/c1-5-16-11(2)10-17-14(19)12-6-8-13(9-7-12)15(20)18(3)4/h6-9,11,16H,5,10H2,1-4H3,(H,17,19)/t11-/m1/s1. The van der Waals surface area contributed by atoms with Crippen molar-refractivity contribution in [2.24, 2.45) is 0 Å². The maximum absolute atomic E-state index is 11.9. The van der Waals surface area contributed by atoms with Gasteiger partial charge in [-0.3, -0.25) is 9.59 Å². The molecule has 0 aliphatic rings. The van der Waals surface area contributed by atoms with Crippen molar-refractivity contribution in [1.82, 2.24) is 15.5 Å². The van der Waals surface area contributed by atoms with Gasteiger partial charge in [0.1, 0.15) is 0 Å². The van der Waals surface area contributed by atoms with Gasteiger partial charge in [0.05, 0.1) is 0 Å². The highest BCUT2D eigenvalue weighted by atomic mass is 16.2. The van der Waals surface area contributed by atoms with Crippen LogP contribution in [0.25, 0.3) is 0 Å². The molecule has 0 saturated heterocycles. The summed E-state index contributed by atoms with van der Waals surface area (Å²) in [7, 11) is 3.40. The lowest BCUT2D eigenvalue weighted by molar-refractivity contribution is 0.0826. The van der Waals surface area contributed by atoms with E-state index in [0.29, 0.717) is 17.7 Å². The Kier molecular flexibility index (Phi) is 6.18. The Morgan fingerprint density at radius 3 is 2.20 bits per heavy atom. The van der Waals surface area contributed by atoms with E-state index < -0.39 is 0 Å². The van der Waals surface area contributed by atoms with Gasteiger partial charge in [0.25, 0.3) is 11.8 Å². The normalized spacial score (nSPS) is 11.8. The van der Waals surface area contributed by atoms with Gasteiger partial charge in [0.2, 0.25) is 0 Å². The fourth-order valence-corrected chi connectivity index (χ4v) is 1.79. The molecule has 1 atom stereocenters. The summed E-state index contributed by atoms with van der Waals surface area (Å²) in [5.41, 5.74) is 1.14. The molecule has 1 aromatic rings. The number of nitrogens with one attached hydrogen (secondary N) is 2.